The third kappa shape index (κ3) is 10.8. The molecule has 0 radical (unpaired) electrons. The Hall–Kier alpha value is -3.42. The molecule has 0 unspecified atom stereocenters. The second-order valence-corrected chi connectivity index (χ2v) is 20.4. The number of halogens is 52. The molecule has 0 aromatic rings. The fourth-order valence-electron chi connectivity index (χ4n) is 5.58. The lowest BCUT2D eigenvalue weighted by Gasteiger charge is -2.43. The fraction of sp³-hybridized carbons (Fsp3) is 1.00. The molecule has 0 heterocycles. The zero-order valence-electron chi connectivity index (χ0n) is 36.4. The summed E-state index contributed by atoms with van der Waals surface area (Å²) in [5.74, 6) is -195. The summed E-state index contributed by atoms with van der Waals surface area (Å²) >= 11 is 0. The van der Waals surface area contributed by atoms with Crippen molar-refractivity contribution >= 4 is 8.41 Å². The summed E-state index contributed by atoms with van der Waals surface area (Å²) in [5.41, 5.74) is 0. The summed E-state index contributed by atoms with van der Waals surface area (Å²) < 4.78 is 713. The van der Waals surface area contributed by atoms with Gasteiger partial charge < -0.3 is 4.11 Å². The molecule has 0 bridgehead atoms. The monoisotopic (exact) mass is 1390 g/mol. The Balaban J connectivity index is 8.34. The Morgan fingerprint density at radius 2 is 0.241 bits per heavy atom. The first-order valence-electron chi connectivity index (χ1n) is 18.7. The summed E-state index contributed by atoms with van der Waals surface area (Å²) in [5, 5.41) is 0. The molecule has 83 heavy (non-hydrogen) atoms. The zero-order valence-corrected chi connectivity index (χ0v) is 37.4. The van der Waals surface area contributed by atoms with Gasteiger partial charge in [0, 0.05) is 19.3 Å². The Morgan fingerprint density at radius 1 is 0.145 bits per heavy atom. The van der Waals surface area contributed by atoms with E-state index in [1.807, 2.05) is 0 Å². The molecule has 0 fully saturated rings. The van der Waals surface area contributed by atoms with E-state index in [9.17, 15) is 224 Å². The summed E-state index contributed by atoms with van der Waals surface area (Å²) in [4.78, 5) is 0. The Kier molecular flexibility index (Phi) is 19.5. The van der Waals surface area contributed by atoms with Crippen LogP contribution in [0.2, 0.25) is 18.1 Å². The fourth-order valence-corrected chi connectivity index (χ4v) is 8.61. The highest BCUT2D eigenvalue weighted by Crippen LogP contribution is 2.69. The predicted octanol–water partition coefficient (Wildman–Crippen LogP) is 19.1. The van der Waals surface area contributed by atoms with Gasteiger partial charge in [0.05, 0.1) is 0 Å². The first-order chi connectivity index (χ1) is 34.9. The van der Waals surface area contributed by atoms with Crippen LogP contribution < -0.4 is 0 Å². The molecule has 0 aliphatic carbocycles. The van der Waals surface area contributed by atoms with E-state index in [-0.39, 0.29) is 0 Å². The van der Waals surface area contributed by atoms with Crippen LogP contribution in [0.5, 0.6) is 0 Å². The van der Waals surface area contributed by atoms with Crippen LogP contribution in [0, 0.1) is 0 Å². The van der Waals surface area contributed by atoms with Gasteiger partial charge in [-0.2, -0.15) is 224 Å². The van der Waals surface area contributed by atoms with Crippen LogP contribution >= 0.6 is 0 Å². The van der Waals surface area contributed by atoms with Crippen molar-refractivity contribution < 1.29 is 228 Å². The highest BCUT2D eigenvalue weighted by molar-refractivity contribution is 6.73. The van der Waals surface area contributed by atoms with Crippen molar-refractivity contribution in [3.8, 4) is 0 Å². The van der Waals surface area contributed by atoms with E-state index in [1.165, 1.54) is 0 Å². The zero-order chi connectivity index (χ0) is 68.7. The first-order valence-corrected chi connectivity index (χ1v) is 21.2. The average Bonchev–Trinajstić information content (AvgIpc) is 3.24. The summed E-state index contributed by atoms with van der Waals surface area (Å²) in [6.07, 6.45) is -40.0. The number of alkyl halides is 51. The lowest BCUT2D eigenvalue weighted by molar-refractivity contribution is -0.461. The molecule has 0 amide bonds. The molecule has 0 rings (SSSR count). The topological polar surface area (TPSA) is 0 Å². The standard InChI is InChI=1S/C30H12F52Si/c31-7(32,10(37,38)13(43,44)16(49,50)19(55,56)22(61,62)25(67,68)28(73,74)75)1-4-83(82,5-2-8(33,34)11(39,40)14(45,46)17(51,52)20(57,58)23(63,64)26(69,70)29(76,77)78)6-3-9(35,36)12(41,42)15(47,48)18(53,54)21(59,60)24(65,66)27(71,72)30(79,80)81/h1-6H2. The summed E-state index contributed by atoms with van der Waals surface area (Å²) in [7, 11) is -8.68. The van der Waals surface area contributed by atoms with Crippen LogP contribution in [0.3, 0.4) is 0 Å². The molecule has 500 valence electrons. The highest BCUT2D eigenvalue weighted by Gasteiger charge is 2.98. The molecule has 0 saturated heterocycles. The maximum absolute atomic E-state index is 16.1. The molecule has 0 N–H and O–H groups in total. The molecular formula is C30H12F52Si. The van der Waals surface area contributed by atoms with Crippen molar-refractivity contribution in [2.45, 2.75) is 180 Å². The van der Waals surface area contributed by atoms with Crippen molar-refractivity contribution in [2.24, 2.45) is 0 Å². The van der Waals surface area contributed by atoms with Crippen molar-refractivity contribution in [2.75, 3.05) is 0 Å². The second-order valence-electron chi connectivity index (χ2n) is 16.6. The van der Waals surface area contributed by atoms with Gasteiger partial charge in [0.25, 0.3) is 0 Å². The van der Waals surface area contributed by atoms with Gasteiger partial charge in [-0.15, -0.1) is 0 Å². The molecule has 0 nitrogen and oxygen atoms in total. The SMILES string of the molecule is FC(F)(F)C(F)(F)C(F)(F)C(F)(F)C(F)(F)C(F)(F)C(F)(F)C(F)(F)CC[Si](F)(CCC(F)(F)C(F)(F)C(F)(F)C(F)(F)C(F)(F)C(F)(F)C(F)(F)C(F)(F)F)CCC(F)(F)C(F)(F)C(F)(F)C(F)(F)C(F)(F)C(F)(F)C(F)(F)C(F)(F)F. The average molecular weight is 1390 g/mol. The summed E-state index contributed by atoms with van der Waals surface area (Å²) in [6.45, 7) is 0. The largest absolute Gasteiger partial charge is 0.460 e. The van der Waals surface area contributed by atoms with Crippen LogP contribution in [0.25, 0.3) is 0 Å². The van der Waals surface area contributed by atoms with Crippen molar-refractivity contribution in [1.82, 2.24) is 0 Å². The minimum absolute atomic E-state index is 4.36. The molecule has 0 atom stereocenters. The molecule has 0 aromatic heterocycles. The van der Waals surface area contributed by atoms with Crippen molar-refractivity contribution in [3.05, 3.63) is 0 Å². The van der Waals surface area contributed by atoms with E-state index in [2.05, 4.69) is 0 Å². The minimum Gasteiger partial charge on any atom is -0.314 e. The van der Waals surface area contributed by atoms with Crippen LogP contribution in [0.1, 0.15) is 19.3 Å². The molecule has 0 saturated carbocycles. The van der Waals surface area contributed by atoms with Crippen LogP contribution in [0.15, 0.2) is 0 Å². The molecule has 0 aromatic carbocycles. The van der Waals surface area contributed by atoms with Gasteiger partial charge in [-0.25, -0.2) is 0 Å². The van der Waals surface area contributed by atoms with Gasteiger partial charge in [-0.1, -0.05) is 0 Å². The second kappa shape index (κ2) is 20.3. The third-order valence-corrected chi connectivity index (χ3v) is 14.5. The van der Waals surface area contributed by atoms with E-state index in [4.69, 9.17) is 0 Å². The molecular weight excluding hydrogens is 1380 g/mol. The third-order valence-electron chi connectivity index (χ3n) is 11.0. The lowest BCUT2D eigenvalue weighted by Crippen LogP contribution is -2.74. The highest BCUT2D eigenvalue weighted by atomic mass is 28.4. The van der Waals surface area contributed by atoms with Gasteiger partial charge >= 0.3 is 143 Å². The lowest BCUT2D eigenvalue weighted by atomic mass is 9.88. The molecule has 53 heteroatoms. The number of hydrogen-bond donors (Lipinski definition) is 0. The first kappa shape index (κ1) is 79.6. The molecule has 0 spiro atoms. The van der Waals surface area contributed by atoms with E-state index >= 15 is 4.11 Å². The maximum Gasteiger partial charge on any atom is 0.460 e. The van der Waals surface area contributed by atoms with E-state index in [0.717, 1.165) is 0 Å². The maximum atomic E-state index is 16.1. The number of rotatable bonds is 27. The van der Waals surface area contributed by atoms with E-state index in [1.54, 1.807) is 0 Å². The van der Waals surface area contributed by atoms with Gasteiger partial charge in [0.2, 0.25) is 8.41 Å². The Labute approximate surface area is 417 Å². The van der Waals surface area contributed by atoms with Crippen LogP contribution in [0.4, 0.5) is 228 Å². The normalized spacial score (nSPS) is 17.2. The van der Waals surface area contributed by atoms with Crippen LogP contribution in [-0.2, 0) is 0 Å². The van der Waals surface area contributed by atoms with E-state index in [0.29, 0.717) is 0 Å². The van der Waals surface area contributed by atoms with Gasteiger partial charge in [0.1, 0.15) is 0 Å². The number of hydrogen-bond acceptors (Lipinski definition) is 0. The van der Waals surface area contributed by atoms with Gasteiger partial charge in [-0.3, -0.25) is 0 Å². The summed E-state index contributed by atoms with van der Waals surface area (Å²) in [6, 6.07) is -13.1. The quantitative estimate of drug-likeness (QED) is 0.0437. The minimum atomic E-state index is -9.73. The predicted molar refractivity (Wildman–Crippen MR) is 157 cm³/mol. The Bertz CT molecular complexity index is 2000. The van der Waals surface area contributed by atoms with Crippen molar-refractivity contribution in [3.63, 3.8) is 0 Å². The smallest absolute Gasteiger partial charge is 0.314 e. The van der Waals surface area contributed by atoms with Crippen LogP contribution in [-0.4, -0.2) is 151 Å². The van der Waals surface area contributed by atoms with E-state index < -0.39 is 189 Å². The van der Waals surface area contributed by atoms with Gasteiger partial charge in [-0.05, 0) is 18.1 Å². The van der Waals surface area contributed by atoms with Gasteiger partial charge in [0.15, 0.2) is 0 Å². The molecule has 0 aliphatic rings. The Morgan fingerprint density at radius 3 is 0.349 bits per heavy atom. The molecule has 0 aliphatic heterocycles. The van der Waals surface area contributed by atoms with Crippen molar-refractivity contribution in [1.29, 1.82) is 0 Å².